The summed E-state index contributed by atoms with van der Waals surface area (Å²) in [5.74, 6) is 0.635. The summed E-state index contributed by atoms with van der Waals surface area (Å²) >= 11 is 1.75. The van der Waals surface area contributed by atoms with E-state index in [-0.39, 0.29) is 0 Å². The molecule has 0 radical (unpaired) electrons. The van der Waals surface area contributed by atoms with E-state index in [0.717, 1.165) is 87.1 Å². The molecule has 0 saturated carbocycles. The molecule has 0 aliphatic heterocycles. The lowest BCUT2D eigenvalue weighted by Crippen LogP contribution is -2.02. The molecule has 5 aromatic heterocycles. The van der Waals surface area contributed by atoms with Gasteiger partial charge in [0.2, 0.25) is 5.95 Å². The van der Waals surface area contributed by atoms with Crippen LogP contribution in [-0.2, 0) is 0 Å². The molecule has 0 unspecified atom stereocenters. The van der Waals surface area contributed by atoms with Crippen LogP contribution in [0.15, 0.2) is 199 Å². The third-order valence-corrected chi connectivity index (χ3v) is 13.9. The van der Waals surface area contributed by atoms with Gasteiger partial charge in [-0.25, -0.2) is 9.97 Å². The van der Waals surface area contributed by atoms with Crippen molar-refractivity contribution in [2.75, 3.05) is 0 Å². The minimum atomic E-state index is 0.635. The normalized spacial score (nSPS) is 12.2. The molecule has 0 atom stereocenters. The first-order chi connectivity index (χ1) is 30.8. The van der Waals surface area contributed by atoms with Gasteiger partial charge in [-0.3, -0.25) is 4.57 Å². The average Bonchev–Trinajstić information content (AvgIpc) is 4.09. The van der Waals surface area contributed by atoms with Crippen molar-refractivity contribution in [1.29, 1.82) is 0 Å². The minimum absolute atomic E-state index is 0.635. The zero-order valence-corrected chi connectivity index (χ0v) is 33.9. The first-order valence-corrected chi connectivity index (χ1v) is 21.7. The first-order valence-electron chi connectivity index (χ1n) is 20.9. The number of hydrogen-bond donors (Lipinski definition) is 0. The Hall–Kier alpha value is -8.06. The third-order valence-electron chi connectivity index (χ3n) is 12.7. The van der Waals surface area contributed by atoms with Gasteiger partial charge in [-0.15, -0.1) is 11.3 Å². The fraction of sp³-hybridized carbons (Fsp3) is 0. The van der Waals surface area contributed by atoms with Gasteiger partial charge in [-0.2, -0.15) is 0 Å². The highest BCUT2D eigenvalue weighted by Crippen LogP contribution is 2.46. The Labute approximate surface area is 358 Å². The average molecular weight is 809 g/mol. The fourth-order valence-corrected chi connectivity index (χ4v) is 11.2. The van der Waals surface area contributed by atoms with Crippen LogP contribution < -0.4 is 0 Å². The molecule has 0 aliphatic carbocycles. The lowest BCUT2D eigenvalue weighted by atomic mass is 10.0. The van der Waals surface area contributed by atoms with Crippen LogP contribution in [0, 0.1) is 0 Å². The monoisotopic (exact) mass is 808 g/mol. The van der Waals surface area contributed by atoms with Crippen LogP contribution in [0.3, 0.4) is 0 Å². The maximum Gasteiger partial charge on any atom is 0.235 e. The van der Waals surface area contributed by atoms with E-state index in [9.17, 15) is 0 Å². The summed E-state index contributed by atoms with van der Waals surface area (Å²) in [5.41, 5.74) is 12.6. The van der Waals surface area contributed by atoms with Crippen LogP contribution in [0.2, 0.25) is 0 Å². The number of thiophene rings is 1. The molecule has 0 amide bonds. The van der Waals surface area contributed by atoms with E-state index < -0.39 is 0 Å². The van der Waals surface area contributed by atoms with Crippen molar-refractivity contribution in [1.82, 2.24) is 19.1 Å². The van der Waals surface area contributed by atoms with Crippen molar-refractivity contribution in [3.8, 4) is 34.0 Å². The van der Waals surface area contributed by atoms with E-state index in [4.69, 9.17) is 14.4 Å². The third kappa shape index (κ3) is 4.67. The van der Waals surface area contributed by atoms with Gasteiger partial charge in [0.05, 0.1) is 49.1 Å². The highest BCUT2D eigenvalue weighted by molar-refractivity contribution is 7.26. The molecule has 0 spiro atoms. The molecule has 5 heterocycles. The van der Waals surface area contributed by atoms with Crippen molar-refractivity contribution in [3.05, 3.63) is 194 Å². The predicted octanol–water partition coefficient (Wildman–Crippen LogP) is 15.4. The number of aromatic nitrogens is 4. The molecular weight excluding hydrogens is 777 g/mol. The van der Waals surface area contributed by atoms with Crippen LogP contribution in [0.1, 0.15) is 0 Å². The van der Waals surface area contributed by atoms with Gasteiger partial charge in [0, 0.05) is 53.4 Å². The SMILES string of the molecule is c1ccc(-c2ccc3c(c2)c2ccccc2n3-c2cc3c4ccc5c(c6ccccc6n5-c5nc(-c6ccccc6)c6sc7ccccc7c6n5)c4oc3c3ccccc23)cc1. The maximum absolute atomic E-state index is 7.20. The number of benzene rings is 9. The highest BCUT2D eigenvalue weighted by Gasteiger charge is 2.24. The first kappa shape index (κ1) is 33.7. The summed E-state index contributed by atoms with van der Waals surface area (Å²) < 4.78 is 14.1. The van der Waals surface area contributed by atoms with Gasteiger partial charge in [0.25, 0.3) is 0 Å². The standard InChI is InChI=1S/C56H32N4OS/c1-3-15-33(16-4-1)35-27-29-46-42(31-35)37-20-9-12-24-44(37)59(46)48-32-43-39-28-30-47-50(54(39)61-53(43)38-21-8-7-19-36(38)48)40-22-10-13-25-45(40)60(47)56-57-51(34-17-5-2-6-18-34)55-52(58-56)41-23-11-14-26-49(41)62-55/h1-32H. The molecule has 0 N–H and O–H groups in total. The number of furan rings is 1. The quantitative estimate of drug-likeness (QED) is 0.178. The van der Waals surface area contributed by atoms with Crippen LogP contribution in [0.4, 0.5) is 0 Å². The molecule has 0 fully saturated rings. The van der Waals surface area contributed by atoms with Crippen molar-refractivity contribution in [3.63, 3.8) is 0 Å². The highest BCUT2D eigenvalue weighted by atomic mass is 32.1. The number of nitrogens with zero attached hydrogens (tertiary/aromatic N) is 4. The molecule has 0 bridgehead atoms. The summed E-state index contributed by atoms with van der Waals surface area (Å²) in [6.07, 6.45) is 0. The van der Waals surface area contributed by atoms with Crippen molar-refractivity contribution in [2.45, 2.75) is 0 Å². The van der Waals surface area contributed by atoms with Gasteiger partial charge in [-0.05, 0) is 59.7 Å². The van der Waals surface area contributed by atoms with E-state index in [2.05, 4.69) is 203 Å². The molecule has 9 aromatic carbocycles. The summed E-state index contributed by atoms with van der Waals surface area (Å²) in [7, 11) is 0. The zero-order valence-electron chi connectivity index (χ0n) is 33.1. The number of para-hydroxylation sites is 2. The topological polar surface area (TPSA) is 48.8 Å². The Morgan fingerprint density at radius 2 is 1.00 bits per heavy atom. The van der Waals surface area contributed by atoms with Crippen molar-refractivity contribution in [2.24, 2.45) is 0 Å². The molecule has 14 rings (SSSR count). The second kappa shape index (κ2) is 12.7. The maximum atomic E-state index is 7.20. The van der Waals surface area contributed by atoms with Gasteiger partial charge in [-0.1, -0.05) is 146 Å². The van der Waals surface area contributed by atoms with E-state index in [1.807, 2.05) is 0 Å². The van der Waals surface area contributed by atoms with Gasteiger partial charge < -0.3 is 8.98 Å². The molecule has 0 saturated heterocycles. The molecule has 0 aliphatic rings. The fourth-order valence-electron chi connectivity index (χ4n) is 10.0. The molecular formula is C56H32N4OS. The molecule has 14 aromatic rings. The summed E-state index contributed by atoms with van der Waals surface area (Å²) in [6, 6.07) is 69.3. The predicted molar refractivity (Wildman–Crippen MR) is 259 cm³/mol. The number of fused-ring (bicyclic) bond motifs is 15. The summed E-state index contributed by atoms with van der Waals surface area (Å²) in [6.45, 7) is 0. The van der Waals surface area contributed by atoms with Gasteiger partial charge >= 0.3 is 0 Å². The Kier molecular flexibility index (Phi) is 6.92. The number of hydrogen-bond acceptors (Lipinski definition) is 4. The molecule has 5 nitrogen and oxygen atoms in total. The van der Waals surface area contributed by atoms with Crippen LogP contribution in [-0.4, -0.2) is 19.1 Å². The minimum Gasteiger partial charge on any atom is -0.455 e. The lowest BCUT2D eigenvalue weighted by Gasteiger charge is -2.13. The van der Waals surface area contributed by atoms with Crippen LogP contribution in [0.5, 0.6) is 0 Å². The van der Waals surface area contributed by atoms with Crippen LogP contribution in [0.25, 0.3) is 131 Å². The Morgan fingerprint density at radius 1 is 0.387 bits per heavy atom. The van der Waals surface area contributed by atoms with Crippen LogP contribution >= 0.6 is 11.3 Å². The summed E-state index contributed by atoms with van der Waals surface area (Å²) in [5, 5.41) is 10.1. The van der Waals surface area contributed by atoms with E-state index in [1.165, 1.54) is 37.6 Å². The Balaban J connectivity index is 1.05. The van der Waals surface area contributed by atoms with E-state index in [0.29, 0.717) is 5.95 Å². The smallest absolute Gasteiger partial charge is 0.235 e. The zero-order chi connectivity index (χ0) is 40.5. The largest absolute Gasteiger partial charge is 0.455 e. The molecule has 288 valence electrons. The van der Waals surface area contributed by atoms with E-state index >= 15 is 0 Å². The van der Waals surface area contributed by atoms with Gasteiger partial charge in [0.1, 0.15) is 11.2 Å². The molecule has 6 heteroatoms. The molecule has 62 heavy (non-hydrogen) atoms. The van der Waals surface area contributed by atoms with Gasteiger partial charge in [0.15, 0.2) is 0 Å². The summed E-state index contributed by atoms with van der Waals surface area (Å²) in [4.78, 5) is 10.8. The Bertz CT molecular complexity index is 4160. The lowest BCUT2D eigenvalue weighted by molar-refractivity contribution is 0.676. The van der Waals surface area contributed by atoms with Crippen molar-refractivity contribution < 1.29 is 4.42 Å². The second-order valence-corrected chi connectivity index (χ2v) is 17.1. The Morgan fingerprint density at radius 3 is 1.81 bits per heavy atom. The second-order valence-electron chi connectivity index (χ2n) is 16.1. The van der Waals surface area contributed by atoms with E-state index in [1.54, 1.807) is 11.3 Å². The van der Waals surface area contributed by atoms with Crippen molar-refractivity contribution >= 4 is 108 Å². The number of rotatable bonds is 4.